The lowest BCUT2D eigenvalue weighted by Gasteiger charge is -2.12. The normalized spacial score (nSPS) is 11.2. The second-order valence-electron chi connectivity index (χ2n) is 5.05. The van der Waals surface area contributed by atoms with E-state index in [1.807, 2.05) is 0 Å². The van der Waals surface area contributed by atoms with Gasteiger partial charge in [0, 0.05) is 17.6 Å². The fraction of sp³-hybridized carbons (Fsp3) is 0.200. The van der Waals surface area contributed by atoms with E-state index in [1.54, 1.807) is 12.3 Å². The fourth-order valence-corrected chi connectivity index (χ4v) is 3.30. The van der Waals surface area contributed by atoms with Crippen LogP contribution in [0.2, 0.25) is 5.15 Å². The Hall–Kier alpha value is -1.85. The van der Waals surface area contributed by atoms with Crippen LogP contribution in [0.15, 0.2) is 27.7 Å². The number of nitrogens with zero attached hydrogens (tertiary/aromatic N) is 2. The van der Waals surface area contributed by atoms with Crippen LogP contribution in [-0.2, 0) is 0 Å². The number of fused-ring (bicyclic) bond motifs is 1. The molecule has 0 unspecified atom stereocenters. The zero-order chi connectivity index (χ0) is 19.6. The van der Waals surface area contributed by atoms with E-state index < -0.39 is 24.7 Å². The molecule has 0 atom stereocenters. The molecule has 3 rings (SSSR count). The van der Waals surface area contributed by atoms with Gasteiger partial charge in [-0.2, -0.15) is 4.98 Å². The first-order chi connectivity index (χ1) is 12.9. The van der Waals surface area contributed by atoms with Gasteiger partial charge in [-0.1, -0.05) is 11.6 Å². The smallest absolute Gasteiger partial charge is 0.272 e. The number of halogens is 5. The number of rotatable bonds is 7. The minimum absolute atomic E-state index is 0.00430. The first kappa shape index (κ1) is 19.9. The summed E-state index contributed by atoms with van der Waals surface area (Å²) in [5.74, 6) is -1.46. The number of aromatic amines is 1. The zero-order valence-corrected chi connectivity index (χ0v) is 16.7. The molecular weight excluding hydrogens is 473 g/mol. The number of ether oxygens (including phenoxy) is 2. The Kier molecular flexibility index (Phi) is 6.22. The quantitative estimate of drug-likeness (QED) is 0.352. The predicted molar refractivity (Wildman–Crippen MR) is 101 cm³/mol. The second-order valence-corrected chi connectivity index (χ2v) is 7.11. The van der Waals surface area contributed by atoms with Gasteiger partial charge in [0.15, 0.2) is 12.4 Å². The minimum Gasteiger partial charge on any atom is -0.479 e. The highest BCUT2D eigenvalue weighted by molar-refractivity contribution is 9.10. The molecule has 0 aliphatic carbocycles. The number of nitrogens with one attached hydrogen (secondary N) is 2. The summed E-state index contributed by atoms with van der Waals surface area (Å²) in [7, 11) is 1.32. The van der Waals surface area contributed by atoms with Gasteiger partial charge >= 0.3 is 0 Å². The molecule has 0 fully saturated rings. The van der Waals surface area contributed by atoms with Gasteiger partial charge in [0.2, 0.25) is 5.88 Å². The number of alkyl halides is 2. The highest BCUT2D eigenvalue weighted by atomic mass is 79.9. The van der Waals surface area contributed by atoms with Crippen LogP contribution < -0.4 is 14.2 Å². The molecule has 0 amide bonds. The van der Waals surface area contributed by atoms with Crippen LogP contribution in [0.25, 0.3) is 11.0 Å². The van der Waals surface area contributed by atoms with E-state index in [1.165, 1.54) is 7.11 Å². The number of methoxy groups -OCH3 is 1. The SMILES string of the molecule is COc1nc(OCC(F)F)c(F)cc1NSc1c[nH]c2nc(Cl)c(Br)cc12. The Bertz CT molecular complexity index is 976. The molecule has 0 bridgehead atoms. The molecule has 3 aromatic rings. The number of hydrogen-bond donors (Lipinski definition) is 2. The third-order valence-electron chi connectivity index (χ3n) is 3.26. The summed E-state index contributed by atoms with van der Waals surface area (Å²) >= 11 is 10.4. The molecule has 27 heavy (non-hydrogen) atoms. The van der Waals surface area contributed by atoms with Crippen molar-refractivity contribution in [2.75, 3.05) is 18.4 Å². The summed E-state index contributed by atoms with van der Waals surface area (Å²) in [6, 6.07) is 2.85. The van der Waals surface area contributed by atoms with Crippen molar-refractivity contribution < 1.29 is 22.6 Å². The van der Waals surface area contributed by atoms with Crippen LogP contribution >= 0.6 is 39.5 Å². The summed E-state index contributed by atoms with van der Waals surface area (Å²) in [5.41, 5.74) is 0.791. The second kappa shape index (κ2) is 8.44. The van der Waals surface area contributed by atoms with E-state index in [0.29, 0.717) is 15.3 Å². The van der Waals surface area contributed by atoms with Crippen molar-refractivity contribution in [2.45, 2.75) is 11.3 Å². The highest BCUT2D eigenvalue weighted by Gasteiger charge is 2.17. The van der Waals surface area contributed by atoms with Gasteiger partial charge in [0.25, 0.3) is 12.3 Å². The molecule has 2 N–H and O–H groups in total. The number of aromatic nitrogens is 3. The van der Waals surface area contributed by atoms with Crippen molar-refractivity contribution >= 4 is 56.2 Å². The molecule has 0 spiro atoms. The largest absolute Gasteiger partial charge is 0.479 e. The Balaban J connectivity index is 1.81. The molecule has 0 aliphatic heterocycles. The van der Waals surface area contributed by atoms with Gasteiger partial charge in [-0.25, -0.2) is 18.2 Å². The van der Waals surface area contributed by atoms with E-state index in [4.69, 9.17) is 16.3 Å². The maximum absolute atomic E-state index is 14.1. The molecule has 0 saturated carbocycles. The van der Waals surface area contributed by atoms with Gasteiger partial charge in [0.05, 0.1) is 16.5 Å². The summed E-state index contributed by atoms with van der Waals surface area (Å²) in [6.45, 7) is -0.964. The number of anilines is 1. The lowest BCUT2D eigenvalue weighted by Crippen LogP contribution is -2.10. The molecular formula is C15H11BrClF3N4O2S. The van der Waals surface area contributed by atoms with E-state index in [2.05, 4.69) is 40.3 Å². The van der Waals surface area contributed by atoms with Crippen molar-refractivity contribution in [3.63, 3.8) is 0 Å². The van der Waals surface area contributed by atoms with Crippen LogP contribution in [0.4, 0.5) is 18.9 Å². The van der Waals surface area contributed by atoms with Crippen molar-refractivity contribution in [3.8, 4) is 11.8 Å². The van der Waals surface area contributed by atoms with E-state index >= 15 is 0 Å². The molecule has 0 aliphatic rings. The predicted octanol–water partition coefficient (Wildman–Crippen LogP) is 5.28. The third-order valence-corrected chi connectivity index (χ3v) is 5.26. The average molecular weight is 484 g/mol. The van der Waals surface area contributed by atoms with Crippen molar-refractivity contribution in [3.05, 3.63) is 33.8 Å². The van der Waals surface area contributed by atoms with Crippen LogP contribution in [0.5, 0.6) is 11.8 Å². The van der Waals surface area contributed by atoms with Crippen LogP contribution in [0.1, 0.15) is 0 Å². The van der Waals surface area contributed by atoms with Gasteiger partial charge in [-0.15, -0.1) is 0 Å². The summed E-state index contributed by atoms with van der Waals surface area (Å²) in [4.78, 5) is 11.7. The lowest BCUT2D eigenvalue weighted by molar-refractivity contribution is 0.0770. The number of hydrogen-bond acceptors (Lipinski definition) is 6. The van der Waals surface area contributed by atoms with Gasteiger partial charge < -0.3 is 19.2 Å². The number of pyridine rings is 2. The Morgan fingerprint density at radius 1 is 1.33 bits per heavy atom. The van der Waals surface area contributed by atoms with Gasteiger partial charge in [0.1, 0.15) is 16.5 Å². The average Bonchev–Trinajstić information content (AvgIpc) is 3.01. The molecule has 144 valence electrons. The van der Waals surface area contributed by atoms with Crippen LogP contribution in [0, 0.1) is 5.82 Å². The maximum atomic E-state index is 14.1. The topological polar surface area (TPSA) is 72.1 Å². The van der Waals surface area contributed by atoms with Crippen LogP contribution in [-0.4, -0.2) is 35.1 Å². The Labute approximate surface area is 169 Å². The monoisotopic (exact) mass is 482 g/mol. The van der Waals surface area contributed by atoms with E-state index in [9.17, 15) is 13.2 Å². The first-order valence-corrected chi connectivity index (χ1v) is 9.29. The molecule has 12 heteroatoms. The summed E-state index contributed by atoms with van der Waals surface area (Å²) < 4.78 is 51.8. The zero-order valence-electron chi connectivity index (χ0n) is 13.5. The van der Waals surface area contributed by atoms with E-state index in [0.717, 1.165) is 28.3 Å². The molecule has 0 radical (unpaired) electrons. The molecule has 0 saturated heterocycles. The van der Waals surface area contributed by atoms with Crippen LogP contribution in [0.3, 0.4) is 0 Å². The van der Waals surface area contributed by atoms with Crippen molar-refractivity contribution in [2.24, 2.45) is 0 Å². The highest BCUT2D eigenvalue weighted by Crippen LogP contribution is 2.35. The standard InChI is InChI=1S/C15H11BrClF3N4O2S/c1-25-15-9(3-8(18)14(23-15)26-5-11(19)20)24-27-10-4-21-13-6(10)2-7(16)12(17)22-13/h2-4,11,24H,5H2,1H3,(H,21,22). The van der Waals surface area contributed by atoms with Gasteiger partial charge in [-0.05, 0) is 33.9 Å². The van der Waals surface area contributed by atoms with Gasteiger partial charge in [-0.3, -0.25) is 0 Å². The Morgan fingerprint density at radius 3 is 2.81 bits per heavy atom. The van der Waals surface area contributed by atoms with E-state index in [-0.39, 0.29) is 11.6 Å². The summed E-state index contributed by atoms with van der Waals surface area (Å²) in [6.07, 6.45) is -1.04. The molecule has 3 aromatic heterocycles. The summed E-state index contributed by atoms with van der Waals surface area (Å²) in [5, 5.41) is 1.11. The van der Waals surface area contributed by atoms with Crippen molar-refractivity contribution in [1.29, 1.82) is 0 Å². The van der Waals surface area contributed by atoms with Crippen molar-refractivity contribution in [1.82, 2.24) is 15.0 Å². The molecule has 3 heterocycles. The lowest BCUT2D eigenvalue weighted by atomic mass is 10.3. The maximum Gasteiger partial charge on any atom is 0.272 e. The number of H-pyrrole nitrogens is 1. The molecule has 0 aromatic carbocycles. The molecule has 6 nitrogen and oxygen atoms in total. The Morgan fingerprint density at radius 2 is 2.11 bits per heavy atom. The fourth-order valence-electron chi connectivity index (χ4n) is 2.10. The minimum atomic E-state index is -2.74. The third kappa shape index (κ3) is 4.53. The first-order valence-electron chi connectivity index (χ1n) is 7.30.